The molecule has 3 nitrogen and oxygen atoms in total. The quantitative estimate of drug-likeness (QED) is 0.890. The number of rotatable bonds is 2. The highest BCUT2D eigenvalue weighted by molar-refractivity contribution is 6.31. The van der Waals surface area contributed by atoms with Crippen LogP contribution >= 0.6 is 24.0 Å². The van der Waals surface area contributed by atoms with E-state index >= 15 is 0 Å². The molecule has 1 saturated heterocycles. The number of hydrogen-bond acceptors (Lipinski definition) is 3. The van der Waals surface area contributed by atoms with Crippen LogP contribution in [0.25, 0.3) is 10.9 Å². The zero-order valence-electron chi connectivity index (χ0n) is 9.82. The maximum atomic E-state index is 6.04. The molecule has 3 rings (SSSR count). The number of nitrogens with zero attached hydrogens (tertiary/aromatic N) is 1. The van der Waals surface area contributed by atoms with E-state index in [2.05, 4.69) is 15.6 Å². The van der Waals surface area contributed by atoms with Crippen LogP contribution in [0.3, 0.4) is 0 Å². The van der Waals surface area contributed by atoms with Crippen molar-refractivity contribution in [3.63, 3.8) is 0 Å². The number of anilines is 1. The summed E-state index contributed by atoms with van der Waals surface area (Å²) >= 11 is 6.04. The first-order valence-corrected chi connectivity index (χ1v) is 6.22. The van der Waals surface area contributed by atoms with E-state index in [1.807, 2.05) is 30.5 Å². The molecule has 0 amide bonds. The van der Waals surface area contributed by atoms with Crippen LogP contribution in [0.15, 0.2) is 30.5 Å². The molecule has 0 saturated carbocycles. The van der Waals surface area contributed by atoms with Gasteiger partial charge in [0, 0.05) is 34.9 Å². The number of nitrogens with one attached hydrogen (secondary N) is 2. The lowest BCUT2D eigenvalue weighted by molar-refractivity contribution is 0.794. The minimum Gasteiger partial charge on any atom is -0.380 e. The average molecular weight is 284 g/mol. The van der Waals surface area contributed by atoms with Crippen LogP contribution in [-0.4, -0.2) is 24.1 Å². The van der Waals surface area contributed by atoms with Crippen LogP contribution < -0.4 is 10.6 Å². The Kier molecular flexibility index (Phi) is 4.27. The highest BCUT2D eigenvalue weighted by atomic mass is 35.5. The molecule has 1 fully saturated rings. The third-order valence-corrected chi connectivity index (χ3v) is 3.36. The van der Waals surface area contributed by atoms with E-state index in [9.17, 15) is 0 Å². The van der Waals surface area contributed by atoms with E-state index < -0.39 is 0 Å². The first kappa shape index (κ1) is 13.4. The molecule has 0 spiro atoms. The molecule has 0 bridgehead atoms. The second-order valence-electron chi connectivity index (χ2n) is 4.35. The van der Waals surface area contributed by atoms with Gasteiger partial charge in [-0.15, -0.1) is 12.4 Å². The average Bonchev–Trinajstić information content (AvgIpc) is 2.83. The van der Waals surface area contributed by atoms with E-state index in [1.165, 1.54) is 0 Å². The van der Waals surface area contributed by atoms with Gasteiger partial charge < -0.3 is 10.6 Å². The van der Waals surface area contributed by atoms with Gasteiger partial charge in [0.05, 0.1) is 5.52 Å². The van der Waals surface area contributed by atoms with Crippen LogP contribution in [0.2, 0.25) is 5.02 Å². The van der Waals surface area contributed by atoms with E-state index in [-0.39, 0.29) is 12.4 Å². The van der Waals surface area contributed by atoms with Gasteiger partial charge in [-0.1, -0.05) is 11.6 Å². The van der Waals surface area contributed by atoms with Gasteiger partial charge in [0.2, 0.25) is 0 Å². The summed E-state index contributed by atoms with van der Waals surface area (Å²) in [5, 5.41) is 8.74. The zero-order valence-corrected chi connectivity index (χ0v) is 11.4. The Labute approximate surface area is 117 Å². The lowest BCUT2D eigenvalue weighted by atomic mass is 10.1. The third-order valence-electron chi connectivity index (χ3n) is 3.12. The second-order valence-corrected chi connectivity index (χ2v) is 4.79. The molecule has 2 aromatic rings. The van der Waals surface area contributed by atoms with E-state index in [4.69, 9.17) is 11.6 Å². The molecule has 0 radical (unpaired) electrons. The summed E-state index contributed by atoms with van der Waals surface area (Å²) in [6.45, 7) is 2.10. The topological polar surface area (TPSA) is 37.0 Å². The predicted octanol–water partition coefficient (Wildman–Crippen LogP) is 3.08. The Morgan fingerprint density at radius 3 is 3.00 bits per heavy atom. The van der Waals surface area contributed by atoms with Crippen molar-refractivity contribution in [2.45, 2.75) is 12.5 Å². The molecule has 2 heterocycles. The predicted molar refractivity (Wildman–Crippen MR) is 78.9 cm³/mol. The molecule has 5 heteroatoms. The molecule has 1 aliphatic heterocycles. The SMILES string of the molecule is Cl.Clc1ccc2nccc(N[C@@H]3CCNC3)c2c1. The molecule has 0 unspecified atom stereocenters. The minimum atomic E-state index is 0. The van der Waals surface area contributed by atoms with Gasteiger partial charge in [0.15, 0.2) is 0 Å². The molecular formula is C13H15Cl2N3. The van der Waals surface area contributed by atoms with Crippen molar-refractivity contribution in [3.05, 3.63) is 35.5 Å². The lowest BCUT2D eigenvalue weighted by Crippen LogP contribution is -2.22. The van der Waals surface area contributed by atoms with Crippen LogP contribution in [-0.2, 0) is 0 Å². The van der Waals surface area contributed by atoms with Crippen molar-refractivity contribution in [2.24, 2.45) is 0 Å². The number of hydrogen-bond donors (Lipinski definition) is 2. The summed E-state index contributed by atoms with van der Waals surface area (Å²) in [6, 6.07) is 8.30. The van der Waals surface area contributed by atoms with Crippen molar-refractivity contribution in [1.29, 1.82) is 0 Å². The zero-order chi connectivity index (χ0) is 11.7. The van der Waals surface area contributed by atoms with Crippen molar-refractivity contribution < 1.29 is 0 Å². The highest BCUT2D eigenvalue weighted by Gasteiger charge is 2.14. The summed E-state index contributed by atoms with van der Waals surface area (Å²) in [4.78, 5) is 4.34. The van der Waals surface area contributed by atoms with E-state index in [1.54, 1.807) is 0 Å². The summed E-state index contributed by atoms with van der Waals surface area (Å²) in [6.07, 6.45) is 2.99. The maximum absolute atomic E-state index is 6.04. The Balaban J connectivity index is 0.00000120. The summed E-state index contributed by atoms with van der Waals surface area (Å²) in [5.74, 6) is 0. The van der Waals surface area contributed by atoms with Gasteiger partial charge in [-0.05, 0) is 37.2 Å². The first-order chi connectivity index (χ1) is 8.33. The maximum Gasteiger partial charge on any atom is 0.0723 e. The van der Waals surface area contributed by atoms with Crippen molar-refractivity contribution in [2.75, 3.05) is 18.4 Å². The first-order valence-electron chi connectivity index (χ1n) is 5.84. The van der Waals surface area contributed by atoms with Crippen LogP contribution in [0.1, 0.15) is 6.42 Å². The molecule has 96 valence electrons. The third kappa shape index (κ3) is 2.69. The smallest absolute Gasteiger partial charge is 0.0723 e. The fourth-order valence-electron chi connectivity index (χ4n) is 2.24. The molecule has 1 aromatic heterocycles. The number of benzene rings is 1. The number of halogens is 2. The summed E-state index contributed by atoms with van der Waals surface area (Å²) in [5.41, 5.74) is 2.09. The summed E-state index contributed by atoms with van der Waals surface area (Å²) in [7, 11) is 0. The van der Waals surface area contributed by atoms with Crippen molar-refractivity contribution >= 4 is 40.6 Å². The van der Waals surface area contributed by atoms with Gasteiger partial charge in [-0.25, -0.2) is 0 Å². The van der Waals surface area contributed by atoms with Crippen molar-refractivity contribution in [1.82, 2.24) is 10.3 Å². The van der Waals surface area contributed by atoms with E-state index in [0.717, 1.165) is 41.1 Å². The van der Waals surface area contributed by atoms with E-state index in [0.29, 0.717) is 6.04 Å². The Morgan fingerprint density at radius 2 is 2.22 bits per heavy atom. The fourth-order valence-corrected chi connectivity index (χ4v) is 2.41. The largest absolute Gasteiger partial charge is 0.380 e. The highest BCUT2D eigenvalue weighted by Crippen LogP contribution is 2.25. The number of pyridine rings is 1. The van der Waals surface area contributed by atoms with Crippen molar-refractivity contribution in [3.8, 4) is 0 Å². The molecule has 1 aromatic carbocycles. The molecule has 18 heavy (non-hydrogen) atoms. The van der Waals surface area contributed by atoms with Crippen LogP contribution in [0.4, 0.5) is 5.69 Å². The van der Waals surface area contributed by atoms with Crippen LogP contribution in [0, 0.1) is 0 Å². The lowest BCUT2D eigenvalue weighted by Gasteiger charge is -2.14. The Hall–Kier alpha value is -1.03. The molecule has 2 N–H and O–H groups in total. The Morgan fingerprint density at radius 1 is 1.33 bits per heavy atom. The second kappa shape index (κ2) is 5.74. The van der Waals surface area contributed by atoms with Gasteiger partial charge >= 0.3 is 0 Å². The monoisotopic (exact) mass is 283 g/mol. The molecule has 0 aliphatic carbocycles. The standard InChI is InChI=1S/C13H14ClN3.ClH/c14-9-1-2-12-11(7-9)13(4-6-16-12)17-10-3-5-15-8-10;/h1-2,4,6-7,10,15H,3,5,8H2,(H,16,17);1H/t10-;/m1./s1. The minimum absolute atomic E-state index is 0. The molecule has 1 atom stereocenters. The number of fused-ring (bicyclic) bond motifs is 1. The summed E-state index contributed by atoms with van der Waals surface area (Å²) < 4.78 is 0. The van der Waals surface area contributed by atoms with Gasteiger partial charge in [0.1, 0.15) is 0 Å². The van der Waals surface area contributed by atoms with Gasteiger partial charge in [-0.3, -0.25) is 4.98 Å². The fraction of sp³-hybridized carbons (Fsp3) is 0.308. The Bertz CT molecular complexity index is 539. The normalized spacial score (nSPS) is 18.6. The number of aromatic nitrogens is 1. The molecular weight excluding hydrogens is 269 g/mol. The van der Waals surface area contributed by atoms with Gasteiger partial charge in [-0.2, -0.15) is 0 Å². The van der Waals surface area contributed by atoms with Crippen LogP contribution in [0.5, 0.6) is 0 Å². The molecule has 1 aliphatic rings. The van der Waals surface area contributed by atoms with Gasteiger partial charge in [0.25, 0.3) is 0 Å².